The topological polar surface area (TPSA) is 134 Å². The van der Waals surface area contributed by atoms with E-state index in [1.54, 1.807) is 30.3 Å². The number of anilines is 1. The number of hydrogen-bond donors (Lipinski definition) is 2. The Morgan fingerprint density at radius 1 is 1.18 bits per heavy atom. The molecule has 0 atom stereocenters. The van der Waals surface area contributed by atoms with Gasteiger partial charge in [0, 0.05) is 0 Å². The van der Waals surface area contributed by atoms with E-state index in [9.17, 15) is 4.39 Å². The number of rotatable bonds is 7. The number of hydrogen-bond acceptors (Lipinski definition) is 8. The molecule has 0 spiro atoms. The van der Waals surface area contributed by atoms with E-state index in [0.29, 0.717) is 17.1 Å². The van der Waals surface area contributed by atoms with E-state index in [4.69, 9.17) is 20.9 Å². The largest absolute Gasteiger partial charge is 0.493 e. The summed E-state index contributed by atoms with van der Waals surface area (Å²) in [5.74, 6) is 0.749. The number of nitrogens with two attached hydrogens (primary N) is 2. The molecular formula is C18H17FN6O3. The zero-order valence-electron chi connectivity index (χ0n) is 14.9. The van der Waals surface area contributed by atoms with Gasteiger partial charge in [0.2, 0.25) is 0 Å². The molecule has 0 bridgehead atoms. The van der Waals surface area contributed by atoms with Crippen molar-refractivity contribution in [2.75, 3.05) is 12.8 Å². The van der Waals surface area contributed by atoms with E-state index in [1.165, 1.54) is 25.5 Å². The van der Waals surface area contributed by atoms with Gasteiger partial charge in [0.1, 0.15) is 12.4 Å². The van der Waals surface area contributed by atoms with Crippen LogP contribution < -0.4 is 20.9 Å². The summed E-state index contributed by atoms with van der Waals surface area (Å²) in [6.45, 7) is 0.276. The lowest BCUT2D eigenvalue weighted by Gasteiger charge is -2.11. The smallest absolute Gasteiger partial charge is 0.199 e. The Morgan fingerprint density at radius 3 is 2.64 bits per heavy atom. The third-order valence-corrected chi connectivity index (χ3v) is 3.62. The van der Waals surface area contributed by atoms with E-state index in [-0.39, 0.29) is 29.8 Å². The molecular weight excluding hydrogens is 367 g/mol. The molecule has 0 aliphatic rings. The molecule has 0 aliphatic carbocycles. The monoisotopic (exact) mass is 384 g/mol. The van der Waals surface area contributed by atoms with Crippen molar-refractivity contribution in [2.45, 2.75) is 6.61 Å². The number of benzene rings is 2. The summed E-state index contributed by atoms with van der Waals surface area (Å²) in [5, 5.41) is 14.6. The van der Waals surface area contributed by atoms with Gasteiger partial charge in [-0.05, 0) is 51.8 Å². The van der Waals surface area contributed by atoms with Crippen LogP contribution in [0, 0.1) is 5.82 Å². The van der Waals surface area contributed by atoms with Gasteiger partial charge in [-0.3, -0.25) is 0 Å². The van der Waals surface area contributed by atoms with Crippen molar-refractivity contribution in [3.05, 3.63) is 65.1 Å². The number of halogens is 1. The number of ether oxygens (including phenoxy) is 2. The van der Waals surface area contributed by atoms with Gasteiger partial charge in [0.15, 0.2) is 28.8 Å². The van der Waals surface area contributed by atoms with Gasteiger partial charge in [0.25, 0.3) is 0 Å². The van der Waals surface area contributed by atoms with Crippen molar-refractivity contribution in [2.24, 2.45) is 15.9 Å². The Hall–Kier alpha value is -3.95. The first-order valence-corrected chi connectivity index (χ1v) is 8.07. The predicted molar refractivity (Wildman–Crippen MR) is 101 cm³/mol. The summed E-state index contributed by atoms with van der Waals surface area (Å²) in [4.78, 5) is 0. The van der Waals surface area contributed by atoms with Gasteiger partial charge in [-0.2, -0.15) is 5.10 Å². The highest BCUT2D eigenvalue weighted by atomic mass is 19.1. The van der Waals surface area contributed by atoms with Crippen LogP contribution in [0.2, 0.25) is 0 Å². The number of nitrogen functional groups attached to an aromatic ring is 1. The number of amidine groups is 1. The molecule has 4 N–H and O–H groups in total. The fourth-order valence-electron chi connectivity index (χ4n) is 2.20. The van der Waals surface area contributed by atoms with Crippen molar-refractivity contribution in [3.8, 4) is 11.5 Å². The van der Waals surface area contributed by atoms with Gasteiger partial charge < -0.3 is 20.9 Å². The molecule has 0 unspecified atom stereocenters. The van der Waals surface area contributed by atoms with Crippen LogP contribution in [-0.2, 0) is 6.61 Å². The van der Waals surface area contributed by atoms with Crippen molar-refractivity contribution in [1.82, 2.24) is 10.3 Å². The quantitative estimate of drug-likeness (QED) is 0.362. The summed E-state index contributed by atoms with van der Waals surface area (Å²) in [7, 11) is 1.53. The second kappa shape index (κ2) is 8.62. The van der Waals surface area contributed by atoms with Crippen LogP contribution in [0.1, 0.15) is 16.8 Å². The van der Waals surface area contributed by atoms with Crippen LogP contribution in [0.25, 0.3) is 0 Å². The summed E-state index contributed by atoms with van der Waals surface area (Å²) in [6, 6.07) is 11.3. The summed E-state index contributed by atoms with van der Waals surface area (Å²) in [6.07, 6.45) is 1.48. The average molecular weight is 384 g/mol. The molecule has 9 nitrogen and oxygen atoms in total. The molecule has 3 aromatic rings. The fourth-order valence-corrected chi connectivity index (χ4v) is 2.20. The van der Waals surface area contributed by atoms with E-state index < -0.39 is 0 Å². The third kappa shape index (κ3) is 4.61. The minimum absolute atomic E-state index is 0.0267. The lowest BCUT2D eigenvalue weighted by molar-refractivity contribution is 0.284. The van der Waals surface area contributed by atoms with Crippen LogP contribution in [0.5, 0.6) is 11.5 Å². The van der Waals surface area contributed by atoms with E-state index >= 15 is 0 Å². The highest BCUT2D eigenvalue weighted by Gasteiger charge is 2.10. The van der Waals surface area contributed by atoms with Gasteiger partial charge >= 0.3 is 0 Å². The normalized spacial score (nSPS) is 11.7. The Bertz CT molecular complexity index is 1000. The number of nitrogens with zero attached hydrogens (tertiary/aromatic N) is 4. The molecule has 1 heterocycles. The van der Waals surface area contributed by atoms with Crippen LogP contribution in [0.15, 0.2) is 57.3 Å². The maximum Gasteiger partial charge on any atom is 0.199 e. The van der Waals surface area contributed by atoms with Crippen LogP contribution in [0.4, 0.5) is 10.2 Å². The number of methoxy groups -OCH3 is 1. The molecule has 10 heteroatoms. The lowest BCUT2D eigenvalue weighted by atomic mass is 10.2. The van der Waals surface area contributed by atoms with Crippen molar-refractivity contribution >= 4 is 17.9 Å². The lowest BCUT2D eigenvalue weighted by Crippen LogP contribution is -2.15. The minimum Gasteiger partial charge on any atom is -0.493 e. The molecule has 28 heavy (non-hydrogen) atoms. The highest BCUT2D eigenvalue weighted by Crippen LogP contribution is 2.28. The molecule has 0 aliphatic heterocycles. The first-order valence-electron chi connectivity index (χ1n) is 8.07. The Kier molecular flexibility index (Phi) is 5.80. The first kappa shape index (κ1) is 18.8. The second-order valence-corrected chi connectivity index (χ2v) is 5.55. The maximum absolute atomic E-state index is 13.0. The first-order chi connectivity index (χ1) is 13.6. The number of aromatic nitrogens is 2. The molecule has 0 fully saturated rings. The molecule has 2 aromatic carbocycles. The standard InChI is InChI=1S/C18H17FN6O3/c1-26-15-8-12(9-22-23-17(20)16-18(21)25-28-24-16)4-7-14(15)27-10-11-2-5-13(19)6-3-11/h2-9H,10H2,1H3,(H2,20,23)(H2,21,25)/b22-9-. The van der Waals surface area contributed by atoms with Crippen molar-refractivity contribution < 1.29 is 18.5 Å². The molecule has 0 radical (unpaired) electrons. The Balaban J connectivity index is 1.68. The van der Waals surface area contributed by atoms with Gasteiger partial charge in [-0.25, -0.2) is 9.02 Å². The predicted octanol–water partition coefficient (Wildman–Crippen LogP) is 2.12. The summed E-state index contributed by atoms with van der Waals surface area (Å²) in [5.41, 5.74) is 12.9. The zero-order valence-corrected chi connectivity index (χ0v) is 14.9. The van der Waals surface area contributed by atoms with Gasteiger partial charge in [0.05, 0.1) is 13.3 Å². The molecule has 0 amide bonds. The summed E-state index contributed by atoms with van der Waals surface area (Å²) >= 11 is 0. The van der Waals surface area contributed by atoms with Crippen molar-refractivity contribution in [3.63, 3.8) is 0 Å². The molecule has 3 rings (SSSR count). The van der Waals surface area contributed by atoms with Crippen molar-refractivity contribution in [1.29, 1.82) is 0 Å². The average Bonchev–Trinajstić information content (AvgIpc) is 3.14. The van der Waals surface area contributed by atoms with Crippen LogP contribution in [-0.4, -0.2) is 29.5 Å². The molecule has 1 aromatic heterocycles. The van der Waals surface area contributed by atoms with E-state index in [2.05, 4.69) is 25.1 Å². The van der Waals surface area contributed by atoms with Gasteiger partial charge in [-0.15, -0.1) is 5.10 Å². The van der Waals surface area contributed by atoms with Crippen LogP contribution in [0.3, 0.4) is 0 Å². The third-order valence-electron chi connectivity index (χ3n) is 3.62. The minimum atomic E-state index is -0.296. The molecule has 0 saturated carbocycles. The molecule has 0 saturated heterocycles. The fraction of sp³-hybridized carbons (Fsp3) is 0.111. The Morgan fingerprint density at radius 2 is 1.96 bits per heavy atom. The Labute approximate surface area is 159 Å². The highest BCUT2D eigenvalue weighted by molar-refractivity contribution is 5.99. The second-order valence-electron chi connectivity index (χ2n) is 5.55. The van der Waals surface area contributed by atoms with Gasteiger partial charge in [-0.1, -0.05) is 12.1 Å². The SMILES string of the molecule is COc1cc(/C=N\N=C(\N)c2nonc2N)ccc1OCc1ccc(F)cc1. The molecule has 144 valence electrons. The summed E-state index contributed by atoms with van der Waals surface area (Å²) < 4.78 is 28.5. The van der Waals surface area contributed by atoms with E-state index in [0.717, 1.165) is 5.56 Å². The maximum atomic E-state index is 13.0. The van der Waals surface area contributed by atoms with E-state index in [1.807, 2.05) is 0 Å². The van der Waals surface area contributed by atoms with Crippen LogP contribution >= 0.6 is 0 Å². The zero-order chi connectivity index (χ0) is 19.9.